The molecule has 0 aliphatic carbocycles. The number of carbonyl (C=O) groups is 2. The first-order valence-electron chi connectivity index (χ1n) is 10.9. The van der Waals surface area contributed by atoms with E-state index in [9.17, 15) is 9.59 Å². The van der Waals surface area contributed by atoms with Crippen LogP contribution in [0.4, 0.5) is 10.5 Å². The van der Waals surface area contributed by atoms with Crippen LogP contribution in [0.2, 0.25) is 9.36 Å². The largest absolute Gasteiger partial charge is 0.342 e. The van der Waals surface area contributed by atoms with Gasteiger partial charge in [0.05, 0.1) is 4.34 Å². The van der Waals surface area contributed by atoms with Gasteiger partial charge in [-0.05, 0) is 75.8 Å². The van der Waals surface area contributed by atoms with Crippen molar-refractivity contribution in [3.63, 3.8) is 0 Å². The second-order valence-corrected chi connectivity index (χ2v) is 10.8. The lowest BCUT2D eigenvalue weighted by atomic mass is 9.88. The molecule has 3 amide bonds. The van der Waals surface area contributed by atoms with E-state index in [0.717, 1.165) is 30.8 Å². The first-order valence-corrected chi connectivity index (χ1v) is 12.5. The number of hydrogen-bond acceptors (Lipinski definition) is 4. The fourth-order valence-electron chi connectivity index (χ4n) is 4.52. The molecule has 2 saturated heterocycles. The molecule has 0 bridgehead atoms. The van der Waals surface area contributed by atoms with Crippen LogP contribution in [0.15, 0.2) is 36.4 Å². The van der Waals surface area contributed by atoms with E-state index in [0.29, 0.717) is 34.6 Å². The Hall–Kier alpha value is -1.80. The molecular weight excluding hydrogens is 467 g/mol. The SMILES string of the molecule is CN1CCC(C(=O)N2CC[C@@H](NC(=O)Nc3ccc(Cl)cc3)[C@H](c3ccc(Cl)s3)C2)CC1. The Bertz CT molecular complexity index is 944. The monoisotopic (exact) mass is 494 g/mol. The molecule has 2 aromatic rings. The maximum Gasteiger partial charge on any atom is 0.319 e. The van der Waals surface area contributed by atoms with Gasteiger partial charge < -0.3 is 20.4 Å². The highest BCUT2D eigenvalue weighted by atomic mass is 35.5. The zero-order valence-electron chi connectivity index (χ0n) is 18.0. The first-order chi connectivity index (χ1) is 15.4. The molecule has 9 heteroatoms. The zero-order chi connectivity index (χ0) is 22.7. The lowest BCUT2D eigenvalue weighted by Gasteiger charge is -2.41. The van der Waals surface area contributed by atoms with Gasteiger partial charge in [-0.15, -0.1) is 11.3 Å². The van der Waals surface area contributed by atoms with Crippen LogP contribution in [0, 0.1) is 5.92 Å². The second kappa shape index (κ2) is 10.4. The average Bonchev–Trinajstić information content (AvgIpc) is 3.22. The molecule has 1 aromatic carbocycles. The fraction of sp³-hybridized carbons (Fsp3) is 0.478. The van der Waals surface area contributed by atoms with Crippen molar-refractivity contribution in [1.82, 2.24) is 15.1 Å². The average molecular weight is 495 g/mol. The Morgan fingerprint density at radius 1 is 1.00 bits per heavy atom. The maximum atomic E-state index is 13.2. The minimum Gasteiger partial charge on any atom is -0.342 e. The topological polar surface area (TPSA) is 64.7 Å². The molecule has 2 fully saturated rings. The van der Waals surface area contributed by atoms with Crippen molar-refractivity contribution in [1.29, 1.82) is 0 Å². The number of amides is 3. The van der Waals surface area contributed by atoms with Crippen molar-refractivity contribution in [2.75, 3.05) is 38.5 Å². The van der Waals surface area contributed by atoms with Crippen LogP contribution in [-0.4, -0.2) is 61.0 Å². The molecule has 4 rings (SSSR count). The quantitative estimate of drug-likeness (QED) is 0.634. The van der Waals surface area contributed by atoms with Gasteiger partial charge in [-0.25, -0.2) is 4.79 Å². The predicted octanol–water partition coefficient (Wildman–Crippen LogP) is 4.90. The van der Waals surface area contributed by atoms with Crippen LogP contribution in [0.25, 0.3) is 0 Å². The number of thiophene rings is 1. The molecule has 32 heavy (non-hydrogen) atoms. The second-order valence-electron chi connectivity index (χ2n) is 8.61. The van der Waals surface area contributed by atoms with Crippen molar-refractivity contribution in [2.45, 2.75) is 31.2 Å². The summed E-state index contributed by atoms with van der Waals surface area (Å²) in [4.78, 5) is 31.2. The predicted molar refractivity (Wildman–Crippen MR) is 131 cm³/mol. The summed E-state index contributed by atoms with van der Waals surface area (Å²) in [7, 11) is 2.10. The van der Waals surface area contributed by atoms with Crippen LogP contribution in [-0.2, 0) is 4.79 Å². The lowest BCUT2D eigenvalue weighted by Crippen LogP contribution is -2.53. The Kier molecular flexibility index (Phi) is 7.61. The molecule has 1 aromatic heterocycles. The van der Waals surface area contributed by atoms with Crippen molar-refractivity contribution in [2.24, 2.45) is 5.92 Å². The summed E-state index contributed by atoms with van der Waals surface area (Å²) in [5, 5.41) is 6.61. The van der Waals surface area contributed by atoms with Crippen LogP contribution >= 0.6 is 34.5 Å². The summed E-state index contributed by atoms with van der Waals surface area (Å²) >= 11 is 13.6. The number of halogens is 2. The summed E-state index contributed by atoms with van der Waals surface area (Å²) in [5.74, 6) is 0.346. The lowest BCUT2D eigenvalue weighted by molar-refractivity contribution is -0.138. The van der Waals surface area contributed by atoms with Crippen LogP contribution < -0.4 is 10.6 Å². The highest BCUT2D eigenvalue weighted by Crippen LogP contribution is 2.35. The minimum atomic E-state index is -0.264. The third-order valence-electron chi connectivity index (χ3n) is 6.37. The van der Waals surface area contributed by atoms with Crippen molar-refractivity contribution in [3.8, 4) is 0 Å². The molecule has 3 heterocycles. The number of rotatable bonds is 4. The molecule has 2 aliphatic rings. The van der Waals surface area contributed by atoms with E-state index in [4.69, 9.17) is 23.2 Å². The molecule has 2 aliphatic heterocycles. The minimum absolute atomic E-state index is 0.00688. The fourth-order valence-corrected chi connectivity index (χ4v) is 5.87. The number of hydrogen-bond donors (Lipinski definition) is 2. The summed E-state index contributed by atoms with van der Waals surface area (Å²) in [6.45, 7) is 3.16. The summed E-state index contributed by atoms with van der Waals surface area (Å²) in [5.41, 5.74) is 0.678. The zero-order valence-corrected chi connectivity index (χ0v) is 20.3. The van der Waals surface area contributed by atoms with Gasteiger partial charge in [0.2, 0.25) is 5.91 Å². The third-order valence-corrected chi connectivity index (χ3v) is 7.99. The molecule has 0 unspecified atom stereocenters. The molecule has 6 nitrogen and oxygen atoms in total. The van der Waals surface area contributed by atoms with Gasteiger partial charge in [-0.3, -0.25) is 4.79 Å². The molecule has 172 valence electrons. The van der Waals surface area contributed by atoms with Crippen LogP contribution in [0.1, 0.15) is 30.1 Å². The molecule has 2 atom stereocenters. The van der Waals surface area contributed by atoms with Gasteiger partial charge in [0.1, 0.15) is 0 Å². The maximum absolute atomic E-state index is 13.2. The van der Waals surface area contributed by atoms with Crippen molar-refractivity contribution in [3.05, 3.63) is 50.6 Å². The van der Waals surface area contributed by atoms with E-state index in [1.165, 1.54) is 11.3 Å². The van der Waals surface area contributed by atoms with E-state index in [1.54, 1.807) is 24.3 Å². The highest BCUT2D eigenvalue weighted by molar-refractivity contribution is 7.16. The Morgan fingerprint density at radius 2 is 1.72 bits per heavy atom. The molecular formula is C23H28Cl2N4O2S. The smallest absolute Gasteiger partial charge is 0.319 e. The third kappa shape index (κ3) is 5.76. The van der Waals surface area contributed by atoms with E-state index in [2.05, 4.69) is 22.6 Å². The Morgan fingerprint density at radius 3 is 2.38 bits per heavy atom. The van der Waals surface area contributed by atoms with E-state index >= 15 is 0 Å². The number of benzene rings is 1. The number of urea groups is 1. The number of carbonyl (C=O) groups excluding carboxylic acids is 2. The number of nitrogens with one attached hydrogen (secondary N) is 2. The Balaban J connectivity index is 1.43. The van der Waals surface area contributed by atoms with Crippen molar-refractivity contribution >= 4 is 52.2 Å². The van der Waals surface area contributed by atoms with E-state index in [-0.39, 0.29) is 29.8 Å². The molecule has 2 N–H and O–H groups in total. The normalized spacial score (nSPS) is 22.5. The van der Waals surface area contributed by atoms with Crippen LogP contribution in [0.3, 0.4) is 0 Å². The molecule has 0 radical (unpaired) electrons. The molecule has 0 spiro atoms. The summed E-state index contributed by atoms with van der Waals surface area (Å²) in [6, 6.07) is 10.5. The molecule has 0 saturated carbocycles. The highest BCUT2D eigenvalue weighted by Gasteiger charge is 2.37. The van der Waals surface area contributed by atoms with Gasteiger partial charge in [0, 0.05) is 46.6 Å². The van der Waals surface area contributed by atoms with Gasteiger partial charge >= 0.3 is 6.03 Å². The summed E-state index contributed by atoms with van der Waals surface area (Å²) in [6.07, 6.45) is 2.52. The summed E-state index contributed by atoms with van der Waals surface area (Å²) < 4.78 is 0.711. The first kappa shape index (κ1) is 23.4. The van der Waals surface area contributed by atoms with E-state index in [1.807, 2.05) is 17.0 Å². The van der Waals surface area contributed by atoms with E-state index < -0.39 is 0 Å². The number of piperidine rings is 2. The van der Waals surface area contributed by atoms with Gasteiger partial charge in [0.25, 0.3) is 0 Å². The number of likely N-dealkylation sites (tertiary alicyclic amines) is 2. The standard InChI is InChI=1S/C23H28Cl2N4O2S/c1-28-11-8-15(9-12-28)22(30)29-13-10-19(18(14-29)20-6-7-21(25)32-20)27-23(31)26-17-4-2-16(24)3-5-17/h2-7,15,18-19H,8-14H2,1H3,(H2,26,27,31)/t18-,19-/m1/s1. The number of anilines is 1. The van der Waals surface area contributed by atoms with Gasteiger partial charge in [0.15, 0.2) is 0 Å². The van der Waals surface area contributed by atoms with Crippen LogP contribution in [0.5, 0.6) is 0 Å². The number of nitrogens with zero attached hydrogens (tertiary/aromatic N) is 2. The Labute approximate surface area is 202 Å². The van der Waals surface area contributed by atoms with Gasteiger partial charge in [-0.2, -0.15) is 0 Å². The van der Waals surface area contributed by atoms with Gasteiger partial charge in [-0.1, -0.05) is 23.2 Å². The van der Waals surface area contributed by atoms with Crippen molar-refractivity contribution < 1.29 is 9.59 Å².